The zero-order chi connectivity index (χ0) is 20.1. The highest BCUT2D eigenvalue weighted by Gasteiger charge is 2.18. The minimum atomic E-state index is -0.235. The summed E-state index contributed by atoms with van der Waals surface area (Å²) in [5.74, 6) is 1.76. The first-order valence-corrected chi connectivity index (χ1v) is 9.57. The number of amides is 1. The van der Waals surface area contributed by atoms with Gasteiger partial charge >= 0.3 is 0 Å². The molecule has 1 amide bonds. The van der Waals surface area contributed by atoms with Crippen molar-refractivity contribution in [3.8, 4) is 27.8 Å². The number of nitrogens with one attached hydrogen (secondary N) is 1. The fourth-order valence-corrected chi connectivity index (χ4v) is 3.65. The normalized spacial score (nSPS) is 11.6. The summed E-state index contributed by atoms with van der Waals surface area (Å²) in [6.45, 7) is 1.91. The van der Waals surface area contributed by atoms with Crippen molar-refractivity contribution in [3.63, 3.8) is 0 Å². The number of carbonyl (C=O) groups excluding carboxylic acids is 1. The second-order valence-corrected chi connectivity index (χ2v) is 6.90. The van der Waals surface area contributed by atoms with Crippen molar-refractivity contribution < 1.29 is 19.0 Å². The Morgan fingerprint density at radius 2 is 1.71 bits per heavy atom. The molecule has 28 heavy (non-hydrogen) atoms. The van der Waals surface area contributed by atoms with Crippen LogP contribution in [0.15, 0.2) is 47.8 Å². The first kappa shape index (κ1) is 19.7. The van der Waals surface area contributed by atoms with Crippen LogP contribution >= 0.6 is 11.3 Å². The summed E-state index contributed by atoms with van der Waals surface area (Å²) < 4.78 is 16.0. The van der Waals surface area contributed by atoms with E-state index < -0.39 is 0 Å². The molecule has 2 aromatic carbocycles. The molecule has 1 atom stereocenters. The summed E-state index contributed by atoms with van der Waals surface area (Å²) in [4.78, 5) is 17.1. The Hall–Kier alpha value is -3.06. The van der Waals surface area contributed by atoms with Crippen LogP contribution in [0.2, 0.25) is 0 Å². The first-order chi connectivity index (χ1) is 13.6. The quantitative estimate of drug-likeness (QED) is 0.642. The highest BCUT2D eigenvalue weighted by Crippen LogP contribution is 2.33. The van der Waals surface area contributed by atoms with Crippen LogP contribution in [-0.4, -0.2) is 32.2 Å². The zero-order valence-corrected chi connectivity index (χ0v) is 17.0. The van der Waals surface area contributed by atoms with E-state index in [2.05, 4.69) is 10.3 Å². The Bertz CT molecular complexity index is 971. The average Bonchev–Trinajstić information content (AvgIpc) is 3.23. The topological polar surface area (TPSA) is 69.7 Å². The second-order valence-electron chi connectivity index (χ2n) is 6.04. The Morgan fingerprint density at radius 1 is 1.00 bits per heavy atom. The SMILES string of the molecule is COc1ccc(-c2nc(C(=O)N[C@@H](C)c3ccccc3OC)cs2)cc1OC. The number of nitrogens with zero attached hydrogens (tertiary/aromatic N) is 1. The van der Waals surface area contributed by atoms with Crippen molar-refractivity contribution in [3.05, 3.63) is 59.1 Å². The molecule has 0 radical (unpaired) electrons. The Morgan fingerprint density at radius 3 is 2.43 bits per heavy atom. The van der Waals surface area contributed by atoms with Gasteiger partial charge in [-0.2, -0.15) is 0 Å². The van der Waals surface area contributed by atoms with Gasteiger partial charge in [0.15, 0.2) is 11.5 Å². The number of hydrogen-bond acceptors (Lipinski definition) is 6. The van der Waals surface area contributed by atoms with Gasteiger partial charge in [0.1, 0.15) is 16.5 Å². The third-order valence-electron chi connectivity index (χ3n) is 4.32. The minimum absolute atomic E-state index is 0.213. The fourth-order valence-electron chi connectivity index (χ4n) is 2.85. The predicted molar refractivity (Wildman–Crippen MR) is 110 cm³/mol. The number of rotatable bonds is 7. The van der Waals surface area contributed by atoms with Gasteiger partial charge in [0.25, 0.3) is 5.91 Å². The van der Waals surface area contributed by atoms with E-state index in [-0.39, 0.29) is 11.9 Å². The fraction of sp³-hybridized carbons (Fsp3) is 0.238. The van der Waals surface area contributed by atoms with Crippen LogP contribution in [0.3, 0.4) is 0 Å². The number of carbonyl (C=O) groups is 1. The van der Waals surface area contributed by atoms with E-state index in [0.29, 0.717) is 17.2 Å². The largest absolute Gasteiger partial charge is 0.496 e. The number of aromatic nitrogens is 1. The molecule has 0 fully saturated rings. The summed E-state index contributed by atoms with van der Waals surface area (Å²) in [5, 5.41) is 5.45. The first-order valence-electron chi connectivity index (χ1n) is 8.69. The summed E-state index contributed by atoms with van der Waals surface area (Å²) in [5.41, 5.74) is 2.14. The van der Waals surface area contributed by atoms with Crippen LogP contribution in [-0.2, 0) is 0 Å². The molecule has 1 heterocycles. The maximum absolute atomic E-state index is 12.6. The van der Waals surface area contributed by atoms with Crippen molar-refractivity contribution in [2.45, 2.75) is 13.0 Å². The van der Waals surface area contributed by atoms with Crippen molar-refractivity contribution in [1.82, 2.24) is 10.3 Å². The lowest BCUT2D eigenvalue weighted by Crippen LogP contribution is -2.27. The van der Waals surface area contributed by atoms with Crippen LogP contribution in [0, 0.1) is 0 Å². The van der Waals surface area contributed by atoms with Gasteiger partial charge < -0.3 is 19.5 Å². The van der Waals surface area contributed by atoms with Crippen LogP contribution in [0.4, 0.5) is 0 Å². The third kappa shape index (κ3) is 4.09. The monoisotopic (exact) mass is 398 g/mol. The molecule has 0 saturated heterocycles. The van der Waals surface area contributed by atoms with Crippen molar-refractivity contribution >= 4 is 17.2 Å². The standard InChI is InChI=1S/C21H22N2O4S/c1-13(15-7-5-6-8-17(15)25-2)22-20(24)16-12-28-21(23-16)14-9-10-18(26-3)19(11-14)27-4/h5-13H,1-4H3,(H,22,24)/t13-/m0/s1. The molecule has 7 heteroatoms. The van der Waals surface area contributed by atoms with E-state index in [1.807, 2.05) is 49.4 Å². The van der Waals surface area contributed by atoms with E-state index in [1.54, 1.807) is 26.7 Å². The van der Waals surface area contributed by atoms with Gasteiger partial charge in [-0.25, -0.2) is 4.98 Å². The molecule has 0 bridgehead atoms. The van der Waals surface area contributed by atoms with E-state index in [9.17, 15) is 4.79 Å². The Balaban J connectivity index is 1.77. The maximum atomic E-state index is 12.6. The molecule has 146 valence electrons. The van der Waals surface area contributed by atoms with E-state index in [4.69, 9.17) is 14.2 Å². The molecule has 3 aromatic rings. The van der Waals surface area contributed by atoms with E-state index >= 15 is 0 Å². The Kier molecular flexibility index (Phi) is 6.16. The number of methoxy groups -OCH3 is 3. The summed E-state index contributed by atoms with van der Waals surface area (Å²) in [6.07, 6.45) is 0. The second kappa shape index (κ2) is 8.75. The highest BCUT2D eigenvalue weighted by atomic mass is 32.1. The van der Waals surface area contributed by atoms with Gasteiger partial charge in [0, 0.05) is 16.5 Å². The zero-order valence-electron chi connectivity index (χ0n) is 16.2. The van der Waals surface area contributed by atoms with Gasteiger partial charge in [-0.1, -0.05) is 18.2 Å². The van der Waals surface area contributed by atoms with Crippen LogP contribution in [0.5, 0.6) is 17.2 Å². The van der Waals surface area contributed by atoms with Crippen molar-refractivity contribution in [2.75, 3.05) is 21.3 Å². The number of hydrogen-bond donors (Lipinski definition) is 1. The van der Waals surface area contributed by atoms with Crippen molar-refractivity contribution in [2.24, 2.45) is 0 Å². The Labute approximate surface area is 168 Å². The molecular formula is C21H22N2O4S. The van der Waals surface area contributed by atoms with Crippen LogP contribution < -0.4 is 19.5 Å². The van der Waals surface area contributed by atoms with Gasteiger partial charge in [-0.3, -0.25) is 4.79 Å². The average molecular weight is 398 g/mol. The minimum Gasteiger partial charge on any atom is -0.496 e. The lowest BCUT2D eigenvalue weighted by Gasteiger charge is -2.16. The lowest BCUT2D eigenvalue weighted by atomic mass is 10.1. The van der Waals surface area contributed by atoms with Gasteiger partial charge in [-0.15, -0.1) is 11.3 Å². The van der Waals surface area contributed by atoms with Gasteiger partial charge in [-0.05, 0) is 31.2 Å². The third-order valence-corrected chi connectivity index (χ3v) is 5.21. The van der Waals surface area contributed by atoms with Crippen LogP contribution in [0.1, 0.15) is 29.0 Å². The maximum Gasteiger partial charge on any atom is 0.271 e. The molecule has 0 spiro atoms. The molecule has 0 unspecified atom stereocenters. The van der Waals surface area contributed by atoms with E-state index in [0.717, 1.165) is 21.9 Å². The van der Waals surface area contributed by atoms with Crippen LogP contribution in [0.25, 0.3) is 10.6 Å². The predicted octanol–water partition coefficient (Wildman–Crippen LogP) is 4.33. The van der Waals surface area contributed by atoms with Crippen molar-refractivity contribution in [1.29, 1.82) is 0 Å². The van der Waals surface area contributed by atoms with E-state index in [1.165, 1.54) is 11.3 Å². The number of para-hydroxylation sites is 1. The molecule has 1 aromatic heterocycles. The number of thiazole rings is 1. The number of benzene rings is 2. The summed E-state index contributed by atoms with van der Waals surface area (Å²) in [6, 6.07) is 12.9. The number of ether oxygens (including phenoxy) is 3. The molecule has 0 saturated carbocycles. The molecule has 0 aliphatic heterocycles. The van der Waals surface area contributed by atoms with Gasteiger partial charge in [0.05, 0.1) is 27.4 Å². The van der Waals surface area contributed by atoms with Gasteiger partial charge in [0.2, 0.25) is 0 Å². The molecule has 0 aliphatic rings. The smallest absolute Gasteiger partial charge is 0.271 e. The molecule has 3 rings (SSSR count). The highest BCUT2D eigenvalue weighted by molar-refractivity contribution is 7.13. The summed E-state index contributed by atoms with van der Waals surface area (Å²) >= 11 is 1.40. The molecular weight excluding hydrogens is 376 g/mol. The lowest BCUT2D eigenvalue weighted by molar-refractivity contribution is 0.0935. The molecule has 1 N–H and O–H groups in total. The summed E-state index contributed by atoms with van der Waals surface area (Å²) in [7, 11) is 4.79. The molecule has 0 aliphatic carbocycles. The molecule has 6 nitrogen and oxygen atoms in total.